The summed E-state index contributed by atoms with van der Waals surface area (Å²) in [7, 11) is 1.52. The van der Waals surface area contributed by atoms with Crippen LogP contribution in [0.4, 0.5) is 11.6 Å². The maximum absolute atomic E-state index is 12.0. The van der Waals surface area contributed by atoms with Gasteiger partial charge in [0.1, 0.15) is 0 Å². The SMILES string of the molecule is [B]Nc1ccc(S(=O)(=O)Nc2ncccn2)cc1. The van der Waals surface area contributed by atoms with Crippen molar-refractivity contribution in [2.24, 2.45) is 0 Å². The summed E-state index contributed by atoms with van der Waals surface area (Å²) in [5, 5.41) is 2.42. The summed E-state index contributed by atoms with van der Waals surface area (Å²) in [5.74, 6) is 0.0264. The Kier molecular flexibility index (Phi) is 3.47. The first-order chi connectivity index (χ1) is 8.62. The number of aromatic nitrogens is 2. The van der Waals surface area contributed by atoms with E-state index in [-0.39, 0.29) is 10.8 Å². The van der Waals surface area contributed by atoms with E-state index < -0.39 is 10.0 Å². The van der Waals surface area contributed by atoms with Gasteiger partial charge in [0, 0.05) is 18.1 Å². The highest BCUT2D eigenvalue weighted by molar-refractivity contribution is 7.92. The molecule has 6 nitrogen and oxygen atoms in total. The molecule has 1 aromatic carbocycles. The lowest BCUT2D eigenvalue weighted by atomic mass is 10.3. The van der Waals surface area contributed by atoms with Crippen LogP contribution in [0.1, 0.15) is 0 Å². The van der Waals surface area contributed by atoms with Crippen LogP contribution in [0.15, 0.2) is 47.6 Å². The number of rotatable bonds is 4. The molecule has 2 radical (unpaired) electrons. The van der Waals surface area contributed by atoms with Crippen molar-refractivity contribution in [3.63, 3.8) is 0 Å². The Hall–Kier alpha value is -2.09. The van der Waals surface area contributed by atoms with Crippen LogP contribution >= 0.6 is 0 Å². The number of anilines is 2. The molecule has 0 aliphatic heterocycles. The maximum atomic E-state index is 12.0. The molecule has 2 aromatic rings. The van der Waals surface area contributed by atoms with Crippen molar-refractivity contribution in [1.82, 2.24) is 9.97 Å². The Morgan fingerprint density at radius 3 is 2.22 bits per heavy atom. The number of sulfonamides is 1. The van der Waals surface area contributed by atoms with Crippen LogP contribution in [-0.2, 0) is 10.0 Å². The van der Waals surface area contributed by atoms with Gasteiger partial charge in [-0.1, -0.05) is 0 Å². The Morgan fingerprint density at radius 2 is 1.67 bits per heavy atom. The maximum Gasteiger partial charge on any atom is 0.264 e. The molecule has 0 fully saturated rings. The lowest BCUT2D eigenvalue weighted by Gasteiger charge is -2.07. The number of benzene rings is 1. The molecule has 2 rings (SSSR count). The van der Waals surface area contributed by atoms with Crippen LogP contribution in [0.3, 0.4) is 0 Å². The molecular weight excluding hydrogens is 251 g/mol. The first-order valence-electron chi connectivity index (χ1n) is 4.98. The second-order valence-corrected chi connectivity index (χ2v) is 5.03. The van der Waals surface area contributed by atoms with Crippen LogP contribution in [0.25, 0.3) is 0 Å². The number of hydrogen-bond donors (Lipinski definition) is 2. The highest BCUT2D eigenvalue weighted by Crippen LogP contribution is 2.15. The van der Waals surface area contributed by atoms with E-state index in [0.717, 1.165) is 0 Å². The second-order valence-electron chi connectivity index (χ2n) is 3.35. The smallest absolute Gasteiger partial charge is 0.264 e. The highest BCUT2D eigenvalue weighted by Gasteiger charge is 2.14. The van der Waals surface area contributed by atoms with Crippen LogP contribution in [-0.4, -0.2) is 26.4 Å². The van der Waals surface area contributed by atoms with Crippen LogP contribution < -0.4 is 9.95 Å². The minimum absolute atomic E-state index is 0.0264. The van der Waals surface area contributed by atoms with Gasteiger partial charge < -0.3 is 5.23 Å². The Bertz CT molecular complexity index is 616. The average Bonchev–Trinajstić information content (AvgIpc) is 2.39. The van der Waals surface area contributed by atoms with E-state index >= 15 is 0 Å². The molecule has 8 heteroatoms. The van der Waals surface area contributed by atoms with Crippen molar-refractivity contribution >= 4 is 29.6 Å². The highest BCUT2D eigenvalue weighted by atomic mass is 32.2. The van der Waals surface area contributed by atoms with Gasteiger partial charge in [-0.25, -0.2) is 23.1 Å². The van der Waals surface area contributed by atoms with E-state index in [2.05, 4.69) is 19.9 Å². The molecule has 0 bridgehead atoms. The molecule has 18 heavy (non-hydrogen) atoms. The first-order valence-corrected chi connectivity index (χ1v) is 6.47. The Balaban J connectivity index is 2.25. The van der Waals surface area contributed by atoms with E-state index in [9.17, 15) is 8.42 Å². The fraction of sp³-hybridized carbons (Fsp3) is 0. The molecule has 0 spiro atoms. The summed E-state index contributed by atoms with van der Waals surface area (Å²) >= 11 is 0. The Morgan fingerprint density at radius 1 is 1.06 bits per heavy atom. The molecule has 0 saturated heterocycles. The lowest BCUT2D eigenvalue weighted by molar-refractivity contribution is 0.601. The topological polar surface area (TPSA) is 84.0 Å². The second kappa shape index (κ2) is 5.05. The van der Waals surface area contributed by atoms with Crippen molar-refractivity contribution in [3.8, 4) is 0 Å². The van der Waals surface area contributed by atoms with Gasteiger partial charge in [0.05, 0.1) is 4.90 Å². The third-order valence-corrected chi connectivity index (χ3v) is 3.47. The van der Waals surface area contributed by atoms with Crippen molar-refractivity contribution < 1.29 is 8.42 Å². The normalized spacial score (nSPS) is 10.9. The third kappa shape index (κ3) is 2.78. The van der Waals surface area contributed by atoms with Gasteiger partial charge in [0.15, 0.2) is 0 Å². The number of nitrogens with zero attached hydrogens (tertiary/aromatic N) is 2. The van der Waals surface area contributed by atoms with Crippen molar-refractivity contribution in [2.75, 3.05) is 9.95 Å². The number of hydrogen-bond acceptors (Lipinski definition) is 5. The van der Waals surface area contributed by atoms with Gasteiger partial charge in [-0.3, -0.25) is 0 Å². The Labute approximate surface area is 106 Å². The minimum atomic E-state index is -3.68. The summed E-state index contributed by atoms with van der Waals surface area (Å²) in [6.07, 6.45) is 2.90. The fourth-order valence-corrected chi connectivity index (χ4v) is 2.22. The van der Waals surface area contributed by atoms with Crippen molar-refractivity contribution in [2.45, 2.75) is 4.90 Å². The molecule has 0 amide bonds. The summed E-state index contributed by atoms with van der Waals surface area (Å²) in [5.41, 5.74) is 0.616. The monoisotopic (exact) mass is 260 g/mol. The summed E-state index contributed by atoms with van der Waals surface area (Å²) in [4.78, 5) is 7.68. The molecule has 1 aromatic heterocycles. The molecule has 0 aliphatic carbocycles. The molecule has 2 N–H and O–H groups in total. The molecular formula is C10H9BN4O2S. The predicted molar refractivity (Wildman–Crippen MR) is 68.7 cm³/mol. The summed E-state index contributed by atoms with van der Waals surface area (Å²) in [6.45, 7) is 0. The standard InChI is InChI=1S/C10H9BN4O2S/c11-14-8-2-4-9(5-3-8)18(16,17)15-10-12-6-1-7-13-10/h1-7,14H,(H,12,13,15). The van der Waals surface area contributed by atoms with Gasteiger partial charge in [0.2, 0.25) is 13.9 Å². The van der Waals surface area contributed by atoms with Crippen LogP contribution in [0, 0.1) is 0 Å². The largest absolute Gasteiger partial charge is 0.437 e. The molecule has 0 atom stereocenters. The molecule has 90 valence electrons. The quantitative estimate of drug-likeness (QED) is 0.793. The molecule has 1 heterocycles. The lowest BCUT2D eigenvalue weighted by Crippen LogP contribution is -2.14. The zero-order valence-electron chi connectivity index (χ0n) is 9.24. The molecule has 0 aliphatic rings. The van der Waals surface area contributed by atoms with E-state index in [0.29, 0.717) is 5.69 Å². The van der Waals surface area contributed by atoms with Gasteiger partial charge in [0.25, 0.3) is 10.0 Å². The van der Waals surface area contributed by atoms with Gasteiger partial charge in [-0.2, -0.15) is 0 Å². The zero-order valence-corrected chi connectivity index (χ0v) is 10.1. The molecule has 0 unspecified atom stereocenters. The van der Waals surface area contributed by atoms with E-state index in [1.807, 2.05) is 0 Å². The molecule has 0 saturated carbocycles. The van der Waals surface area contributed by atoms with Crippen molar-refractivity contribution in [1.29, 1.82) is 0 Å². The average molecular weight is 260 g/mol. The van der Waals surface area contributed by atoms with Crippen molar-refractivity contribution in [3.05, 3.63) is 42.7 Å². The fourth-order valence-electron chi connectivity index (χ4n) is 1.26. The number of nitrogens with one attached hydrogen (secondary N) is 2. The third-order valence-electron chi connectivity index (χ3n) is 2.12. The van der Waals surface area contributed by atoms with E-state index in [4.69, 9.17) is 7.98 Å². The predicted octanol–water partition coefficient (Wildman–Crippen LogP) is 0.773. The van der Waals surface area contributed by atoms with Gasteiger partial charge >= 0.3 is 0 Å². The zero-order chi connectivity index (χ0) is 13.0. The van der Waals surface area contributed by atoms with E-state index in [1.54, 1.807) is 18.2 Å². The van der Waals surface area contributed by atoms with E-state index in [1.165, 1.54) is 24.5 Å². The van der Waals surface area contributed by atoms with Gasteiger partial charge in [-0.05, 0) is 30.3 Å². The summed E-state index contributed by atoms with van der Waals surface area (Å²) in [6, 6.07) is 7.57. The minimum Gasteiger partial charge on any atom is -0.437 e. The summed E-state index contributed by atoms with van der Waals surface area (Å²) < 4.78 is 26.2. The van der Waals surface area contributed by atoms with Gasteiger partial charge in [-0.15, -0.1) is 0 Å². The van der Waals surface area contributed by atoms with Crippen LogP contribution in [0.2, 0.25) is 0 Å². The van der Waals surface area contributed by atoms with Crippen LogP contribution in [0.5, 0.6) is 0 Å². The first kappa shape index (κ1) is 12.4.